The van der Waals surface area contributed by atoms with Crippen LogP contribution in [0.3, 0.4) is 0 Å². The number of hydrogen-bond acceptors (Lipinski definition) is 5. The number of ether oxygens (including phenoxy) is 1. The highest BCUT2D eigenvalue weighted by Gasteiger charge is 2.32. The van der Waals surface area contributed by atoms with Gasteiger partial charge in [-0.15, -0.1) is 0 Å². The van der Waals surface area contributed by atoms with E-state index in [2.05, 4.69) is 22.7 Å². The molecule has 1 fully saturated rings. The minimum absolute atomic E-state index is 0.00633. The number of carbonyl (C=O) groups excluding carboxylic acids is 2. The highest BCUT2D eigenvalue weighted by Crippen LogP contribution is 2.21. The maximum Gasteiger partial charge on any atom is 0.333 e. The van der Waals surface area contributed by atoms with Crippen LogP contribution in [-0.4, -0.2) is 40.9 Å². The molecule has 1 amide bonds. The van der Waals surface area contributed by atoms with Gasteiger partial charge in [-0.25, -0.2) is 4.79 Å². The molecule has 7 heteroatoms. The lowest BCUT2D eigenvalue weighted by Crippen LogP contribution is -2.40. The second-order valence-corrected chi connectivity index (χ2v) is 6.52. The van der Waals surface area contributed by atoms with Crippen molar-refractivity contribution in [3.05, 3.63) is 12.4 Å². The Hall–Kier alpha value is -1.89. The summed E-state index contributed by atoms with van der Waals surface area (Å²) in [6.45, 7) is 8.49. The third-order valence-electron chi connectivity index (χ3n) is 4.19. The number of nitrogens with zero attached hydrogens (tertiary/aromatic N) is 2. The molecule has 1 saturated heterocycles. The summed E-state index contributed by atoms with van der Waals surface area (Å²) in [7, 11) is 0. The fraction of sp³-hybridized carbons (Fsp3) is 0.688. The Morgan fingerprint density at radius 1 is 1.52 bits per heavy atom. The average Bonchev–Trinajstić information content (AvgIpc) is 2.96. The molecule has 1 aromatic heterocycles. The Kier molecular flexibility index (Phi) is 5.41. The van der Waals surface area contributed by atoms with Crippen molar-refractivity contribution in [3.8, 4) is 0 Å². The molecule has 1 aromatic rings. The van der Waals surface area contributed by atoms with Crippen LogP contribution >= 0.6 is 0 Å². The minimum atomic E-state index is -0.914. The fourth-order valence-corrected chi connectivity index (χ4v) is 2.71. The van der Waals surface area contributed by atoms with Crippen LogP contribution in [0.15, 0.2) is 12.4 Å². The molecule has 2 atom stereocenters. The summed E-state index contributed by atoms with van der Waals surface area (Å²) in [6.07, 6.45) is 4.88. The summed E-state index contributed by atoms with van der Waals surface area (Å²) in [5.74, 6) is -0.340. The molecule has 0 bridgehead atoms. The Balaban J connectivity index is 2.01. The molecule has 0 aromatic carbocycles. The number of esters is 1. The predicted octanol–water partition coefficient (Wildman–Crippen LogP) is 1.51. The molecule has 0 spiro atoms. The molecule has 2 heterocycles. The van der Waals surface area contributed by atoms with E-state index in [0.717, 1.165) is 19.4 Å². The highest BCUT2D eigenvalue weighted by atomic mass is 16.5. The second-order valence-electron chi connectivity index (χ2n) is 6.52. The normalized spacial score (nSPS) is 21.7. The zero-order valence-electron chi connectivity index (χ0n) is 14.3. The van der Waals surface area contributed by atoms with E-state index in [4.69, 9.17) is 4.74 Å². The molecule has 2 N–H and O–H groups in total. The van der Waals surface area contributed by atoms with Gasteiger partial charge in [0, 0.05) is 18.2 Å². The lowest BCUT2D eigenvalue weighted by Gasteiger charge is -2.26. The number of aromatic nitrogens is 2. The number of rotatable bonds is 5. The van der Waals surface area contributed by atoms with E-state index in [9.17, 15) is 9.59 Å². The Bertz CT molecular complexity index is 567. The summed E-state index contributed by atoms with van der Waals surface area (Å²) < 4.78 is 6.58. The Morgan fingerprint density at radius 3 is 2.91 bits per heavy atom. The van der Waals surface area contributed by atoms with Gasteiger partial charge in [0.2, 0.25) is 5.91 Å². The summed E-state index contributed by atoms with van der Waals surface area (Å²) in [6, 6.07) is 0.352. The van der Waals surface area contributed by atoms with Gasteiger partial charge >= 0.3 is 5.97 Å². The Morgan fingerprint density at radius 2 is 2.26 bits per heavy atom. The summed E-state index contributed by atoms with van der Waals surface area (Å²) in [5, 5.41) is 10.4. The summed E-state index contributed by atoms with van der Waals surface area (Å²) in [5.41, 5.74) is -0.319. The molecule has 0 aliphatic carbocycles. The van der Waals surface area contributed by atoms with E-state index >= 15 is 0 Å². The van der Waals surface area contributed by atoms with Crippen molar-refractivity contribution in [2.75, 3.05) is 18.5 Å². The van der Waals surface area contributed by atoms with Crippen molar-refractivity contribution in [2.24, 2.45) is 5.92 Å². The monoisotopic (exact) mass is 322 g/mol. The predicted molar refractivity (Wildman–Crippen MR) is 87.0 cm³/mol. The number of nitrogens with one attached hydrogen (secondary N) is 2. The van der Waals surface area contributed by atoms with Gasteiger partial charge in [-0.05, 0) is 47.1 Å². The minimum Gasteiger partial charge on any atom is -0.464 e. The van der Waals surface area contributed by atoms with Crippen molar-refractivity contribution in [2.45, 2.75) is 52.1 Å². The third-order valence-corrected chi connectivity index (χ3v) is 4.19. The van der Waals surface area contributed by atoms with E-state index in [1.54, 1.807) is 33.2 Å². The van der Waals surface area contributed by atoms with Gasteiger partial charge in [-0.3, -0.25) is 9.48 Å². The molecular formula is C16H26N4O3. The molecule has 1 aliphatic heterocycles. The van der Waals surface area contributed by atoms with Gasteiger partial charge in [0.15, 0.2) is 5.54 Å². The molecule has 1 aliphatic rings. The van der Waals surface area contributed by atoms with Crippen LogP contribution in [0.2, 0.25) is 0 Å². The van der Waals surface area contributed by atoms with Gasteiger partial charge in [0.05, 0.1) is 18.5 Å². The van der Waals surface area contributed by atoms with Crippen molar-refractivity contribution in [3.63, 3.8) is 0 Å². The lowest BCUT2D eigenvalue weighted by atomic mass is 9.92. The molecule has 128 valence electrons. The van der Waals surface area contributed by atoms with Crippen LogP contribution in [0.5, 0.6) is 0 Å². The maximum atomic E-state index is 12.3. The average molecular weight is 322 g/mol. The van der Waals surface area contributed by atoms with Crippen LogP contribution in [0.1, 0.15) is 40.5 Å². The summed E-state index contributed by atoms with van der Waals surface area (Å²) in [4.78, 5) is 24.3. The molecule has 7 nitrogen and oxygen atoms in total. The highest BCUT2D eigenvalue weighted by molar-refractivity contribution is 5.92. The van der Waals surface area contributed by atoms with Crippen molar-refractivity contribution in [1.29, 1.82) is 0 Å². The Labute approximate surface area is 136 Å². The number of carbonyl (C=O) groups is 2. The first-order valence-electron chi connectivity index (χ1n) is 8.11. The molecule has 23 heavy (non-hydrogen) atoms. The van der Waals surface area contributed by atoms with Crippen molar-refractivity contribution >= 4 is 17.6 Å². The van der Waals surface area contributed by atoms with E-state index < -0.39 is 5.54 Å². The van der Waals surface area contributed by atoms with Crippen molar-refractivity contribution in [1.82, 2.24) is 15.1 Å². The molecule has 0 unspecified atom stereocenters. The first kappa shape index (κ1) is 17.5. The topological polar surface area (TPSA) is 85.2 Å². The van der Waals surface area contributed by atoms with E-state index in [1.165, 1.54) is 4.68 Å². The third kappa shape index (κ3) is 4.10. The number of piperidine rings is 1. The number of hydrogen-bond donors (Lipinski definition) is 2. The molecule has 0 saturated carbocycles. The first-order valence-corrected chi connectivity index (χ1v) is 8.11. The molecule has 0 radical (unpaired) electrons. The van der Waals surface area contributed by atoms with Crippen LogP contribution in [0.4, 0.5) is 5.69 Å². The van der Waals surface area contributed by atoms with E-state index in [-0.39, 0.29) is 17.8 Å². The molecule has 2 rings (SSSR count). The maximum absolute atomic E-state index is 12.3. The van der Waals surface area contributed by atoms with Crippen LogP contribution in [0.25, 0.3) is 0 Å². The number of anilines is 1. The zero-order valence-corrected chi connectivity index (χ0v) is 14.3. The summed E-state index contributed by atoms with van der Waals surface area (Å²) >= 11 is 0. The van der Waals surface area contributed by atoms with Gasteiger partial charge in [-0.1, -0.05) is 0 Å². The van der Waals surface area contributed by atoms with Crippen LogP contribution in [0, 0.1) is 5.92 Å². The standard InChI is InChI=1S/C16H26N4O3/c1-5-23-15(22)16(3,4)20-10-13(9-18-20)19-14(21)12-6-7-17-11(2)8-12/h9-12,17H,5-8H2,1-4H3,(H,19,21)/t11-,12-/m0/s1. The van der Waals surface area contributed by atoms with Crippen LogP contribution < -0.4 is 10.6 Å². The second kappa shape index (κ2) is 7.12. The quantitative estimate of drug-likeness (QED) is 0.803. The van der Waals surface area contributed by atoms with Gasteiger partial charge in [-0.2, -0.15) is 5.10 Å². The van der Waals surface area contributed by atoms with E-state index in [0.29, 0.717) is 18.3 Å². The number of amides is 1. The smallest absolute Gasteiger partial charge is 0.333 e. The van der Waals surface area contributed by atoms with Gasteiger partial charge < -0.3 is 15.4 Å². The van der Waals surface area contributed by atoms with Crippen molar-refractivity contribution < 1.29 is 14.3 Å². The fourth-order valence-electron chi connectivity index (χ4n) is 2.71. The SMILES string of the molecule is CCOC(=O)C(C)(C)n1cc(NC(=O)[C@H]2CCN[C@@H](C)C2)cn1. The van der Waals surface area contributed by atoms with Crippen LogP contribution in [-0.2, 0) is 19.9 Å². The van der Waals surface area contributed by atoms with Gasteiger partial charge in [0.25, 0.3) is 0 Å². The first-order chi connectivity index (χ1) is 10.8. The zero-order chi connectivity index (χ0) is 17.0. The van der Waals surface area contributed by atoms with E-state index in [1.807, 2.05) is 0 Å². The van der Waals surface area contributed by atoms with Gasteiger partial charge in [0.1, 0.15) is 0 Å². The largest absolute Gasteiger partial charge is 0.464 e. The molecular weight excluding hydrogens is 296 g/mol. The lowest BCUT2D eigenvalue weighted by molar-refractivity contribution is -0.152.